The first-order chi connectivity index (χ1) is 17.0. The van der Waals surface area contributed by atoms with E-state index in [0.29, 0.717) is 43.2 Å². The molecule has 1 fully saturated rings. The predicted molar refractivity (Wildman–Crippen MR) is 134 cm³/mol. The van der Waals surface area contributed by atoms with Gasteiger partial charge in [-0.3, -0.25) is 19.1 Å². The van der Waals surface area contributed by atoms with E-state index in [2.05, 4.69) is 10.4 Å². The molecule has 0 aliphatic carbocycles. The number of hydrogen-bond acceptors (Lipinski definition) is 6. The molecule has 0 unspecified atom stereocenters. The van der Waals surface area contributed by atoms with Crippen molar-refractivity contribution in [1.82, 2.24) is 19.6 Å². The van der Waals surface area contributed by atoms with E-state index in [1.165, 1.54) is 22.6 Å². The number of hydrogen-bond donors (Lipinski definition) is 1. The highest BCUT2D eigenvalue weighted by Crippen LogP contribution is 2.18. The van der Waals surface area contributed by atoms with Crippen LogP contribution in [0.5, 0.6) is 5.75 Å². The van der Waals surface area contributed by atoms with Crippen molar-refractivity contribution >= 4 is 35.2 Å². The quantitative estimate of drug-likeness (QED) is 0.485. The molecule has 4 rings (SSSR count). The monoisotopic (exact) mass is 493 g/mol. The largest absolute Gasteiger partial charge is 0.497 e. The second-order valence-electron chi connectivity index (χ2n) is 7.98. The summed E-state index contributed by atoms with van der Waals surface area (Å²) in [6.45, 7) is 1.90. The molecule has 0 saturated carbocycles. The number of benzene rings is 2. The van der Waals surface area contributed by atoms with Gasteiger partial charge in [0.15, 0.2) is 0 Å². The van der Waals surface area contributed by atoms with Gasteiger partial charge in [0.25, 0.3) is 5.91 Å². The van der Waals surface area contributed by atoms with Crippen LogP contribution in [0.4, 0.5) is 5.69 Å². The Morgan fingerprint density at radius 3 is 2.49 bits per heavy atom. The summed E-state index contributed by atoms with van der Waals surface area (Å²) in [5, 5.41) is 7.00. The van der Waals surface area contributed by atoms with Crippen LogP contribution >= 0.6 is 11.8 Å². The van der Waals surface area contributed by atoms with Gasteiger partial charge in [0.1, 0.15) is 12.3 Å². The normalized spacial score (nSPS) is 13.4. The maximum Gasteiger partial charge on any atom is 0.254 e. The number of carbonyl (C=O) groups is 3. The van der Waals surface area contributed by atoms with Crippen LogP contribution in [0, 0.1) is 0 Å². The number of piperazine rings is 1. The van der Waals surface area contributed by atoms with Crippen LogP contribution < -0.4 is 10.1 Å². The number of amides is 3. The zero-order valence-corrected chi connectivity index (χ0v) is 20.2. The molecule has 3 aromatic rings. The number of aromatic nitrogens is 2. The Labute approximate surface area is 208 Å². The smallest absolute Gasteiger partial charge is 0.254 e. The predicted octanol–water partition coefficient (Wildman–Crippen LogP) is 2.61. The zero-order valence-electron chi connectivity index (χ0n) is 19.4. The summed E-state index contributed by atoms with van der Waals surface area (Å²) >= 11 is 1.45. The molecule has 9 nitrogen and oxygen atoms in total. The fourth-order valence-corrected chi connectivity index (χ4v) is 4.43. The van der Waals surface area contributed by atoms with Gasteiger partial charge in [0.05, 0.1) is 24.7 Å². The van der Waals surface area contributed by atoms with Crippen LogP contribution in [0.2, 0.25) is 0 Å². The van der Waals surface area contributed by atoms with Crippen molar-refractivity contribution in [2.75, 3.05) is 44.4 Å². The number of thioether (sulfide) groups is 1. The first-order valence-corrected chi connectivity index (χ1v) is 12.2. The molecule has 1 saturated heterocycles. The Bertz CT molecular complexity index is 1180. The molecule has 10 heteroatoms. The Kier molecular flexibility index (Phi) is 8.04. The fraction of sp³-hybridized carbons (Fsp3) is 0.280. The third-order valence-corrected chi connectivity index (χ3v) is 6.58. The minimum absolute atomic E-state index is 0.0679. The van der Waals surface area contributed by atoms with E-state index in [4.69, 9.17) is 4.74 Å². The highest BCUT2D eigenvalue weighted by Gasteiger charge is 2.25. The van der Waals surface area contributed by atoms with Crippen LogP contribution in [0.15, 0.2) is 71.9 Å². The molecular weight excluding hydrogens is 466 g/mol. The van der Waals surface area contributed by atoms with Gasteiger partial charge in [-0.05, 0) is 30.3 Å². The van der Waals surface area contributed by atoms with E-state index in [1.54, 1.807) is 47.4 Å². The second-order valence-corrected chi connectivity index (χ2v) is 9.03. The third-order valence-electron chi connectivity index (χ3n) is 5.56. The molecular formula is C25H27N5O4S. The highest BCUT2D eigenvalue weighted by atomic mass is 32.2. The zero-order chi connectivity index (χ0) is 24.6. The number of ether oxygens (including phenoxy) is 1. The number of anilines is 1. The summed E-state index contributed by atoms with van der Waals surface area (Å²) in [5.74, 6) is 0.622. The molecule has 0 radical (unpaired) electrons. The van der Waals surface area contributed by atoms with E-state index in [-0.39, 0.29) is 30.0 Å². The number of carbonyl (C=O) groups excluding carboxylic acids is 3. The van der Waals surface area contributed by atoms with Crippen molar-refractivity contribution in [1.29, 1.82) is 0 Å². The van der Waals surface area contributed by atoms with Crippen LogP contribution in [0.3, 0.4) is 0 Å². The topological polar surface area (TPSA) is 96.8 Å². The fourth-order valence-electron chi connectivity index (χ4n) is 3.71. The van der Waals surface area contributed by atoms with Gasteiger partial charge in [0.2, 0.25) is 11.8 Å². The number of nitrogens with zero attached hydrogens (tertiary/aromatic N) is 4. The lowest BCUT2D eigenvalue weighted by atomic mass is 10.1. The molecule has 0 atom stereocenters. The number of nitrogens with one attached hydrogen (secondary N) is 1. The summed E-state index contributed by atoms with van der Waals surface area (Å²) in [6, 6.07) is 16.8. The van der Waals surface area contributed by atoms with Crippen molar-refractivity contribution < 1.29 is 19.1 Å². The summed E-state index contributed by atoms with van der Waals surface area (Å²) in [5.41, 5.74) is 1.11. The van der Waals surface area contributed by atoms with E-state index in [1.807, 2.05) is 30.3 Å². The minimum Gasteiger partial charge on any atom is -0.497 e. The van der Waals surface area contributed by atoms with E-state index >= 15 is 0 Å². The minimum atomic E-state index is -0.137. The standard InChI is InChI=1S/C25H27N5O4S/c1-34-21-7-5-6-19(14-21)25(33)29-12-10-28(11-13-29)24(32)17-30-16-20(15-26-30)27-23(31)18-35-22-8-3-2-4-9-22/h2-9,14-16H,10-13,17-18H2,1H3,(H,27,31). The first-order valence-electron chi connectivity index (χ1n) is 11.2. The van der Waals surface area contributed by atoms with Gasteiger partial charge in [-0.2, -0.15) is 5.10 Å². The van der Waals surface area contributed by atoms with Gasteiger partial charge in [0, 0.05) is 42.8 Å². The molecule has 35 heavy (non-hydrogen) atoms. The van der Waals surface area contributed by atoms with Crippen LogP contribution in [-0.4, -0.2) is 76.3 Å². The van der Waals surface area contributed by atoms with Crippen LogP contribution in [0.1, 0.15) is 10.4 Å². The highest BCUT2D eigenvalue weighted by molar-refractivity contribution is 8.00. The summed E-state index contributed by atoms with van der Waals surface area (Å²) in [6.07, 6.45) is 3.18. The van der Waals surface area contributed by atoms with E-state index in [9.17, 15) is 14.4 Å². The van der Waals surface area contributed by atoms with E-state index < -0.39 is 0 Å². The molecule has 1 aromatic heterocycles. The molecule has 182 valence electrons. The molecule has 1 N–H and O–H groups in total. The molecule has 1 aliphatic rings. The van der Waals surface area contributed by atoms with Gasteiger partial charge in [-0.15, -0.1) is 11.8 Å². The molecule has 2 heterocycles. The first kappa shape index (κ1) is 24.3. The second kappa shape index (κ2) is 11.6. The summed E-state index contributed by atoms with van der Waals surface area (Å²) in [4.78, 5) is 42.2. The molecule has 3 amide bonds. The lowest BCUT2D eigenvalue weighted by Gasteiger charge is -2.34. The Morgan fingerprint density at radius 2 is 1.74 bits per heavy atom. The summed E-state index contributed by atoms with van der Waals surface area (Å²) < 4.78 is 6.70. The summed E-state index contributed by atoms with van der Waals surface area (Å²) in [7, 11) is 1.57. The van der Waals surface area contributed by atoms with Crippen molar-refractivity contribution in [2.45, 2.75) is 11.4 Å². The number of rotatable bonds is 8. The Balaban J connectivity index is 1.22. The van der Waals surface area contributed by atoms with Crippen molar-refractivity contribution in [3.05, 3.63) is 72.6 Å². The molecule has 2 aromatic carbocycles. The van der Waals surface area contributed by atoms with Gasteiger partial charge >= 0.3 is 0 Å². The lowest BCUT2D eigenvalue weighted by molar-refractivity contribution is -0.133. The third kappa shape index (κ3) is 6.63. The maximum atomic E-state index is 12.8. The van der Waals surface area contributed by atoms with Gasteiger partial charge < -0.3 is 19.9 Å². The van der Waals surface area contributed by atoms with E-state index in [0.717, 1.165) is 4.90 Å². The molecule has 1 aliphatic heterocycles. The average Bonchev–Trinajstić information content (AvgIpc) is 3.34. The number of methoxy groups -OCH3 is 1. The van der Waals surface area contributed by atoms with Crippen molar-refractivity contribution in [3.63, 3.8) is 0 Å². The van der Waals surface area contributed by atoms with Crippen molar-refractivity contribution in [3.8, 4) is 5.75 Å². The molecule has 0 spiro atoms. The lowest BCUT2D eigenvalue weighted by Crippen LogP contribution is -2.51. The van der Waals surface area contributed by atoms with Gasteiger partial charge in [-0.1, -0.05) is 24.3 Å². The Morgan fingerprint density at radius 1 is 1.00 bits per heavy atom. The average molecular weight is 494 g/mol. The van der Waals surface area contributed by atoms with Crippen LogP contribution in [-0.2, 0) is 16.1 Å². The maximum absolute atomic E-state index is 12.8. The van der Waals surface area contributed by atoms with Crippen LogP contribution in [0.25, 0.3) is 0 Å². The SMILES string of the molecule is COc1cccc(C(=O)N2CCN(C(=O)Cn3cc(NC(=O)CSc4ccccc4)cn3)CC2)c1. The van der Waals surface area contributed by atoms with Gasteiger partial charge in [-0.25, -0.2) is 0 Å². The molecule has 0 bridgehead atoms. The van der Waals surface area contributed by atoms with Crippen molar-refractivity contribution in [2.24, 2.45) is 0 Å². The Hall–Kier alpha value is -3.79.